The Morgan fingerprint density at radius 3 is 2.50 bits per heavy atom. The summed E-state index contributed by atoms with van der Waals surface area (Å²) < 4.78 is 10.1. The van der Waals surface area contributed by atoms with Crippen LogP contribution >= 0.6 is 0 Å². The Balaban J connectivity index is 4.49. The van der Waals surface area contributed by atoms with Crippen molar-refractivity contribution in [2.24, 2.45) is 0 Å². The molecule has 0 aliphatic rings. The van der Waals surface area contributed by atoms with Gasteiger partial charge < -0.3 is 14.6 Å². The molecule has 4 nitrogen and oxygen atoms in total. The van der Waals surface area contributed by atoms with Crippen molar-refractivity contribution in [2.75, 3.05) is 6.61 Å². The summed E-state index contributed by atoms with van der Waals surface area (Å²) in [4.78, 5) is 10.6. The summed E-state index contributed by atoms with van der Waals surface area (Å²) in [5.41, 5.74) is 0.0626. The zero-order valence-electron chi connectivity index (χ0n) is 8.74. The minimum Gasteiger partial charge on any atom is -0.478 e. The number of hydrogen-bond acceptors (Lipinski definition) is 3. The normalized spacial score (nSPS) is 12.5. The van der Waals surface area contributed by atoms with Gasteiger partial charge in [0, 0.05) is 0 Å². The van der Waals surface area contributed by atoms with Gasteiger partial charge in [0.25, 0.3) is 5.95 Å². The number of hydrogen-bond donors (Lipinski definition) is 1. The first kappa shape index (κ1) is 12.6. The molecule has 0 atom stereocenters. The number of ether oxygens (including phenoxy) is 2. The summed E-state index contributed by atoms with van der Waals surface area (Å²) in [7, 11) is 0. The smallest absolute Gasteiger partial charge is 0.338 e. The van der Waals surface area contributed by atoms with E-state index in [0.717, 1.165) is 6.42 Å². The van der Waals surface area contributed by atoms with Gasteiger partial charge in [-0.15, -0.1) is 0 Å². The van der Waals surface area contributed by atoms with Crippen molar-refractivity contribution in [2.45, 2.75) is 27.2 Å². The van der Waals surface area contributed by atoms with Crippen molar-refractivity contribution in [3.63, 3.8) is 0 Å². The molecule has 0 amide bonds. The van der Waals surface area contributed by atoms with Crippen molar-refractivity contribution >= 4 is 5.97 Å². The van der Waals surface area contributed by atoms with Crippen LogP contribution in [-0.2, 0) is 14.3 Å². The first-order chi connectivity index (χ1) is 6.63. The molecule has 0 saturated carbocycles. The highest BCUT2D eigenvalue weighted by Crippen LogP contribution is 2.08. The van der Waals surface area contributed by atoms with E-state index in [4.69, 9.17) is 14.6 Å². The molecule has 0 unspecified atom stereocenters. The van der Waals surface area contributed by atoms with Crippen LogP contribution < -0.4 is 0 Å². The Morgan fingerprint density at radius 1 is 1.43 bits per heavy atom. The second-order valence-electron chi connectivity index (χ2n) is 2.55. The number of carboxylic acids is 1. The van der Waals surface area contributed by atoms with Crippen molar-refractivity contribution in [1.29, 1.82) is 0 Å². The molecule has 0 aromatic rings. The van der Waals surface area contributed by atoms with Crippen molar-refractivity contribution in [3.8, 4) is 0 Å². The fourth-order valence-corrected chi connectivity index (χ4v) is 0.655. The zero-order valence-corrected chi connectivity index (χ0v) is 8.74. The molecule has 80 valence electrons. The van der Waals surface area contributed by atoms with Gasteiger partial charge in [-0.3, -0.25) is 0 Å². The summed E-state index contributed by atoms with van der Waals surface area (Å²) in [6.07, 6.45) is 4.02. The van der Waals surface area contributed by atoms with Crippen LogP contribution in [0.3, 0.4) is 0 Å². The predicted molar refractivity (Wildman–Crippen MR) is 52.5 cm³/mol. The monoisotopic (exact) mass is 200 g/mol. The molecule has 0 rings (SSSR count). The van der Waals surface area contributed by atoms with Crippen molar-refractivity contribution in [3.05, 3.63) is 23.9 Å². The molecule has 0 heterocycles. The molecule has 14 heavy (non-hydrogen) atoms. The Bertz CT molecular complexity index is 241. The van der Waals surface area contributed by atoms with Crippen LogP contribution in [0.15, 0.2) is 23.9 Å². The highest BCUT2D eigenvalue weighted by atomic mass is 16.7. The summed E-state index contributed by atoms with van der Waals surface area (Å²) in [5.74, 6) is -0.997. The molecule has 0 saturated heterocycles. The Kier molecular flexibility index (Phi) is 6.28. The molecule has 0 bridgehead atoms. The number of allylic oxidation sites excluding steroid dienone is 1. The molecular weight excluding hydrogens is 184 g/mol. The average molecular weight is 200 g/mol. The van der Waals surface area contributed by atoms with Gasteiger partial charge in [-0.05, 0) is 26.3 Å². The molecule has 4 heteroatoms. The lowest BCUT2D eigenvalue weighted by Gasteiger charge is -2.08. The van der Waals surface area contributed by atoms with Gasteiger partial charge in [0.15, 0.2) is 0 Å². The molecule has 0 spiro atoms. The first-order valence-electron chi connectivity index (χ1n) is 4.52. The van der Waals surface area contributed by atoms with Crippen LogP contribution in [0.25, 0.3) is 0 Å². The van der Waals surface area contributed by atoms with Crippen molar-refractivity contribution in [1.82, 2.24) is 0 Å². The molecule has 0 aliphatic carbocycles. The van der Waals surface area contributed by atoms with Crippen LogP contribution in [0.2, 0.25) is 0 Å². The summed E-state index contributed by atoms with van der Waals surface area (Å²) in [6.45, 7) is 5.53. The van der Waals surface area contributed by atoms with E-state index in [1.54, 1.807) is 13.0 Å². The van der Waals surface area contributed by atoms with Gasteiger partial charge in [-0.1, -0.05) is 6.92 Å². The van der Waals surface area contributed by atoms with Crippen molar-refractivity contribution < 1.29 is 19.4 Å². The van der Waals surface area contributed by atoms with Crippen LogP contribution in [0.4, 0.5) is 0 Å². The second-order valence-corrected chi connectivity index (χ2v) is 2.55. The van der Waals surface area contributed by atoms with Gasteiger partial charge in [-0.2, -0.15) is 0 Å². The fourth-order valence-electron chi connectivity index (χ4n) is 0.655. The third kappa shape index (κ3) is 4.54. The van der Waals surface area contributed by atoms with Gasteiger partial charge >= 0.3 is 5.97 Å². The molecule has 1 N–H and O–H groups in total. The predicted octanol–water partition coefficient (Wildman–Crippen LogP) is 2.28. The average Bonchev–Trinajstić information content (AvgIpc) is 2.15. The highest BCUT2D eigenvalue weighted by Gasteiger charge is 2.11. The van der Waals surface area contributed by atoms with Gasteiger partial charge in [0.2, 0.25) is 0 Å². The number of carboxylic acid groups (broad SMARTS) is 1. The topological polar surface area (TPSA) is 55.8 Å². The van der Waals surface area contributed by atoms with E-state index in [0.29, 0.717) is 6.61 Å². The SMILES string of the molecule is CCC=COC(OCC)=C(C)C(=O)O. The van der Waals surface area contributed by atoms with E-state index in [1.165, 1.54) is 13.2 Å². The third-order valence-corrected chi connectivity index (χ3v) is 1.41. The van der Waals surface area contributed by atoms with E-state index >= 15 is 0 Å². The summed E-state index contributed by atoms with van der Waals surface area (Å²) in [5, 5.41) is 8.69. The third-order valence-electron chi connectivity index (χ3n) is 1.41. The zero-order chi connectivity index (χ0) is 11.0. The lowest BCUT2D eigenvalue weighted by molar-refractivity contribution is -0.133. The Hall–Kier alpha value is -1.45. The number of rotatable bonds is 6. The lowest BCUT2D eigenvalue weighted by atomic mass is 10.3. The fraction of sp³-hybridized carbons (Fsp3) is 0.500. The van der Waals surface area contributed by atoms with Gasteiger partial charge in [-0.25, -0.2) is 4.79 Å². The number of carbonyl (C=O) groups is 1. The number of aliphatic carboxylic acids is 1. The largest absolute Gasteiger partial charge is 0.478 e. The second kappa shape index (κ2) is 7.00. The quantitative estimate of drug-likeness (QED) is 0.528. The highest BCUT2D eigenvalue weighted by molar-refractivity contribution is 5.86. The Morgan fingerprint density at radius 2 is 2.07 bits per heavy atom. The van der Waals surface area contributed by atoms with Gasteiger partial charge in [0.1, 0.15) is 5.57 Å². The first-order valence-corrected chi connectivity index (χ1v) is 4.52. The molecule has 0 aromatic heterocycles. The van der Waals surface area contributed by atoms with Crippen LogP contribution in [0.5, 0.6) is 0 Å². The van der Waals surface area contributed by atoms with E-state index in [9.17, 15) is 4.79 Å². The summed E-state index contributed by atoms with van der Waals surface area (Å²) in [6, 6.07) is 0. The van der Waals surface area contributed by atoms with E-state index in [2.05, 4.69) is 0 Å². The van der Waals surface area contributed by atoms with Crippen LogP contribution in [0.1, 0.15) is 27.2 Å². The van der Waals surface area contributed by atoms with E-state index in [1.807, 2.05) is 6.92 Å². The molecular formula is C10H16O4. The van der Waals surface area contributed by atoms with Gasteiger partial charge in [0.05, 0.1) is 12.9 Å². The molecule has 0 radical (unpaired) electrons. The maximum Gasteiger partial charge on any atom is 0.338 e. The molecule has 0 fully saturated rings. The summed E-state index contributed by atoms with van der Waals surface area (Å²) >= 11 is 0. The van der Waals surface area contributed by atoms with E-state index < -0.39 is 5.97 Å². The van der Waals surface area contributed by atoms with Crippen LogP contribution in [-0.4, -0.2) is 17.7 Å². The molecule has 0 aliphatic heterocycles. The standard InChI is InChI=1S/C10H16O4/c1-4-6-7-14-10(13-5-2)8(3)9(11)12/h6-7H,4-5H2,1-3H3,(H,11,12). The minimum atomic E-state index is -1.04. The maximum absolute atomic E-state index is 10.6. The maximum atomic E-state index is 10.6. The lowest BCUT2D eigenvalue weighted by Crippen LogP contribution is -2.05. The van der Waals surface area contributed by atoms with Crippen LogP contribution in [0, 0.1) is 0 Å². The Labute approximate surface area is 83.8 Å². The molecule has 0 aromatic carbocycles. The minimum absolute atomic E-state index is 0.0460. The van der Waals surface area contributed by atoms with E-state index in [-0.39, 0.29) is 11.5 Å².